The largest absolute Gasteiger partial charge is 0.496 e. The maximum absolute atomic E-state index is 12.2. The molecule has 0 saturated carbocycles. The van der Waals surface area contributed by atoms with Crippen LogP contribution in [0.25, 0.3) is 0 Å². The highest BCUT2D eigenvalue weighted by atomic mass is 32.1. The summed E-state index contributed by atoms with van der Waals surface area (Å²) >= 11 is 1.47. The van der Waals surface area contributed by atoms with Crippen LogP contribution in [0.2, 0.25) is 0 Å². The van der Waals surface area contributed by atoms with E-state index in [9.17, 15) is 4.79 Å². The van der Waals surface area contributed by atoms with Crippen molar-refractivity contribution < 1.29 is 9.53 Å². The zero-order valence-corrected chi connectivity index (χ0v) is 12.6. The zero-order chi connectivity index (χ0) is 14.7. The number of hydrogen-bond acceptors (Lipinski definition) is 4. The monoisotopic (exact) mass is 290 g/mol. The normalized spacial score (nSPS) is 12.0. The molecule has 0 spiro atoms. The quantitative estimate of drug-likeness (QED) is 0.909. The predicted molar refractivity (Wildman–Crippen MR) is 82.3 cm³/mol. The maximum Gasteiger partial charge on any atom is 0.246 e. The summed E-state index contributed by atoms with van der Waals surface area (Å²) in [4.78, 5) is 13.0. The number of carbonyl (C=O) groups excluding carboxylic acids is 1. The van der Waals surface area contributed by atoms with Gasteiger partial charge in [-0.2, -0.15) is 0 Å². The Morgan fingerprint density at radius 1 is 1.35 bits per heavy atom. The molecule has 2 rings (SSSR count). The van der Waals surface area contributed by atoms with Crippen LogP contribution in [0, 0.1) is 13.8 Å². The lowest BCUT2D eigenvalue weighted by Crippen LogP contribution is -2.27. The fourth-order valence-electron chi connectivity index (χ4n) is 2.08. The van der Waals surface area contributed by atoms with Crippen molar-refractivity contribution in [3.63, 3.8) is 0 Å². The fraction of sp³-hybridized carbons (Fsp3) is 0.267. The molecule has 1 amide bonds. The summed E-state index contributed by atoms with van der Waals surface area (Å²) in [6.45, 7) is 3.88. The number of methoxy groups -OCH3 is 1. The van der Waals surface area contributed by atoms with Crippen LogP contribution >= 0.6 is 11.3 Å². The summed E-state index contributed by atoms with van der Waals surface area (Å²) in [5, 5.41) is 4.77. The Morgan fingerprint density at radius 3 is 2.70 bits per heavy atom. The third-order valence-electron chi connectivity index (χ3n) is 3.20. The van der Waals surface area contributed by atoms with E-state index < -0.39 is 6.04 Å². The number of aryl methyl sites for hydroxylation is 1. The fourth-order valence-corrected chi connectivity index (χ4v) is 2.81. The molecule has 5 heteroatoms. The molecule has 0 aliphatic heterocycles. The van der Waals surface area contributed by atoms with Gasteiger partial charge in [-0.25, -0.2) is 0 Å². The average Bonchev–Trinajstić information content (AvgIpc) is 2.95. The van der Waals surface area contributed by atoms with Crippen molar-refractivity contribution in [2.45, 2.75) is 19.9 Å². The molecule has 0 aliphatic rings. The third kappa shape index (κ3) is 2.84. The Kier molecular flexibility index (Phi) is 4.42. The van der Waals surface area contributed by atoms with E-state index in [1.54, 1.807) is 7.11 Å². The zero-order valence-electron chi connectivity index (χ0n) is 11.8. The number of amides is 1. The second-order valence-electron chi connectivity index (χ2n) is 4.57. The van der Waals surface area contributed by atoms with Crippen LogP contribution < -0.4 is 15.8 Å². The summed E-state index contributed by atoms with van der Waals surface area (Å²) in [6, 6.07) is 6.87. The molecule has 106 valence electrons. The summed E-state index contributed by atoms with van der Waals surface area (Å²) in [6.07, 6.45) is 0. The lowest BCUT2D eigenvalue weighted by atomic mass is 10.1. The molecule has 1 aromatic carbocycles. The first-order valence-corrected chi connectivity index (χ1v) is 7.16. The highest BCUT2D eigenvalue weighted by molar-refractivity contribution is 7.10. The van der Waals surface area contributed by atoms with E-state index >= 15 is 0 Å². The number of rotatable bonds is 4. The van der Waals surface area contributed by atoms with Gasteiger partial charge in [-0.15, -0.1) is 11.3 Å². The van der Waals surface area contributed by atoms with Crippen LogP contribution in [-0.4, -0.2) is 13.0 Å². The first kappa shape index (κ1) is 14.6. The van der Waals surface area contributed by atoms with Gasteiger partial charge in [0.1, 0.15) is 11.8 Å². The number of anilines is 1. The minimum atomic E-state index is -0.651. The summed E-state index contributed by atoms with van der Waals surface area (Å²) in [5.74, 6) is 0.564. The Bertz CT molecular complexity index is 609. The van der Waals surface area contributed by atoms with Gasteiger partial charge in [0.15, 0.2) is 0 Å². The summed E-state index contributed by atoms with van der Waals surface area (Å²) in [7, 11) is 1.62. The number of hydrogen-bond donors (Lipinski definition) is 2. The Morgan fingerprint density at radius 2 is 2.10 bits per heavy atom. The van der Waals surface area contributed by atoms with E-state index in [0.717, 1.165) is 27.4 Å². The second kappa shape index (κ2) is 6.07. The molecule has 0 saturated heterocycles. The molecular formula is C15H18N2O2S. The van der Waals surface area contributed by atoms with Crippen molar-refractivity contribution in [3.05, 3.63) is 45.6 Å². The van der Waals surface area contributed by atoms with E-state index in [0.29, 0.717) is 0 Å². The Hall–Kier alpha value is -1.85. The minimum Gasteiger partial charge on any atom is -0.496 e. The van der Waals surface area contributed by atoms with Gasteiger partial charge in [0.25, 0.3) is 0 Å². The molecule has 0 radical (unpaired) electrons. The van der Waals surface area contributed by atoms with Crippen LogP contribution in [0.5, 0.6) is 5.75 Å². The lowest BCUT2D eigenvalue weighted by Gasteiger charge is -2.16. The van der Waals surface area contributed by atoms with E-state index in [1.165, 1.54) is 11.3 Å². The van der Waals surface area contributed by atoms with Crippen molar-refractivity contribution in [3.8, 4) is 5.75 Å². The van der Waals surface area contributed by atoms with Crippen LogP contribution in [0.4, 0.5) is 5.69 Å². The highest BCUT2D eigenvalue weighted by Gasteiger charge is 2.18. The van der Waals surface area contributed by atoms with Crippen molar-refractivity contribution in [1.29, 1.82) is 0 Å². The van der Waals surface area contributed by atoms with Gasteiger partial charge in [-0.05, 0) is 36.9 Å². The van der Waals surface area contributed by atoms with Crippen molar-refractivity contribution in [2.75, 3.05) is 12.4 Å². The van der Waals surface area contributed by atoms with Crippen LogP contribution in [0.1, 0.15) is 22.0 Å². The second-order valence-corrected chi connectivity index (χ2v) is 5.55. The molecular weight excluding hydrogens is 272 g/mol. The highest BCUT2D eigenvalue weighted by Crippen LogP contribution is 2.29. The van der Waals surface area contributed by atoms with Gasteiger partial charge in [0.2, 0.25) is 5.91 Å². The molecule has 4 nitrogen and oxygen atoms in total. The number of ether oxygens (including phenoxy) is 1. The lowest BCUT2D eigenvalue weighted by molar-refractivity contribution is -0.117. The van der Waals surface area contributed by atoms with Crippen molar-refractivity contribution >= 4 is 22.9 Å². The van der Waals surface area contributed by atoms with Crippen molar-refractivity contribution in [1.82, 2.24) is 0 Å². The van der Waals surface area contributed by atoms with Crippen LogP contribution in [0.15, 0.2) is 29.6 Å². The Balaban J connectivity index is 2.20. The predicted octanol–water partition coefficient (Wildman–Crippen LogP) is 3.01. The van der Waals surface area contributed by atoms with Gasteiger partial charge in [-0.1, -0.05) is 12.1 Å². The Labute approximate surface area is 122 Å². The van der Waals surface area contributed by atoms with Gasteiger partial charge in [0, 0.05) is 16.1 Å². The first-order valence-electron chi connectivity index (χ1n) is 6.28. The molecule has 3 N–H and O–H groups in total. The van der Waals surface area contributed by atoms with E-state index in [4.69, 9.17) is 10.5 Å². The van der Waals surface area contributed by atoms with E-state index in [1.807, 2.05) is 43.5 Å². The summed E-state index contributed by atoms with van der Waals surface area (Å²) < 4.78 is 5.35. The standard InChI is InChI=1S/C15H18N2O2S/c1-9-6-7-11(10(2)14(9)19-3)17-15(18)13(16)12-5-4-8-20-12/h4-8,13H,16H2,1-3H3,(H,17,18). The topological polar surface area (TPSA) is 64.3 Å². The maximum atomic E-state index is 12.2. The minimum absolute atomic E-state index is 0.221. The molecule has 0 fully saturated rings. The molecule has 2 aromatic rings. The first-order chi connectivity index (χ1) is 9.54. The molecule has 20 heavy (non-hydrogen) atoms. The SMILES string of the molecule is COc1c(C)ccc(NC(=O)C(N)c2cccs2)c1C. The number of nitrogens with two attached hydrogens (primary N) is 1. The van der Waals surface area contributed by atoms with Gasteiger partial charge in [-0.3, -0.25) is 4.79 Å². The van der Waals surface area contributed by atoms with Crippen molar-refractivity contribution in [2.24, 2.45) is 5.73 Å². The van der Waals surface area contributed by atoms with Gasteiger partial charge < -0.3 is 15.8 Å². The molecule has 1 atom stereocenters. The van der Waals surface area contributed by atoms with Gasteiger partial charge in [0.05, 0.1) is 7.11 Å². The molecule has 1 unspecified atom stereocenters. The van der Waals surface area contributed by atoms with Gasteiger partial charge >= 0.3 is 0 Å². The average molecular weight is 290 g/mol. The summed E-state index contributed by atoms with van der Waals surface area (Å²) in [5.41, 5.74) is 8.61. The molecule has 1 aromatic heterocycles. The van der Waals surface area contributed by atoms with Crippen LogP contribution in [-0.2, 0) is 4.79 Å². The third-order valence-corrected chi connectivity index (χ3v) is 4.15. The molecule has 1 heterocycles. The smallest absolute Gasteiger partial charge is 0.246 e. The van der Waals surface area contributed by atoms with E-state index in [-0.39, 0.29) is 5.91 Å². The molecule has 0 aliphatic carbocycles. The van der Waals surface area contributed by atoms with E-state index in [2.05, 4.69) is 5.32 Å². The molecule has 0 bridgehead atoms. The van der Waals surface area contributed by atoms with Crippen LogP contribution in [0.3, 0.4) is 0 Å². The number of carbonyl (C=O) groups is 1. The number of nitrogens with one attached hydrogen (secondary N) is 1. The number of thiophene rings is 1. The number of benzene rings is 1.